The summed E-state index contributed by atoms with van der Waals surface area (Å²) in [6.45, 7) is 6.09. The number of hydrogen-bond donors (Lipinski definition) is 0. The van der Waals surface area contributed by atoms with Crippen LogP contribution in [-0.4, -0.2) is 80.7 Å². The average molecular weight is 411 g/mol. The van der Waals surface area contributed by atoms with Gasteiger partial charge < -0.3 is 14.2 Å². The zero-order chi connectivity index (χ0) is 20.9. The van der Waals surface area contributed by atoms with Crippen molar-refractivity contribution in [3.05, 3.63) is 29.3 Å². The number of ether oxygens (including phenoxy) is 3. The molecule has 0 N–H and O–H groups in total. The summed E-state index contributed by atoms with van der Waals surface area (Å²) in [4.78, 5) is 14.2. The molecule has 0 aliphatic carbocycles. The zero-order valence-corrected chi connectivity index (χ0v) is 16.8. The van der Waals surface area contributed by atoms with Crippen LogP contribution in [0.2, 0.25) is 0 Å². The molecule has 2 aliphatic heterocycles. The van der Waals surface area contributed by atoms with Crippen LogP contribution in [0.1, 0.15) is 25.3 Å². The van der Waals surface area contributed by atoms with Crippen LogP contribution in [-0.2, 0) is 14.3 Å². The van der Waals surface area contributed by atoms with Crippen molar-refractivity contribution in [2.45, 2.75) is 25.3 Å². The first-order chi connectivity index (χ1) is 14.0. The van der Waals surface area contributed by atoms with Gasteiger partial charge in [0.2, 0.25) is 5.82 Å². The van der Waals surface area contributed by atoms with Gasteiger partial charge in [-0.3, -0.25) is 9.91 Å². The molecule has 9 heteroatoms. The van der Waals surface area contributed by atoms with Gasteiger partial charge in [0, 0.05) is 31.7 Å². The second-order valence-corrected chi connectivity index (χ2v) is 7.32. The van der Waals surface area contributed by atoms with Gasteiger partial charge in [0.15, 0.2) is 17.1 Å². The minimum atomic E-state index is -1.05. The number of rotatable bonds is 7. The molecule has 1 aromatic carbocycles. The maximum atomic E-state index is 14.5. The van der Waals surface area contributed by atoms with E-state index in [1.807, 2.05) is 0 Å². The van der Waals surface area contributed by atoms with Crippen LogP contribution >= 0.6 is 0 Å². The molecule has 1 unspecified atom stereocenters. The summed E-state index contributed by atoms with van der Waals surface area (Å²) in [7, 11) is 1.32. The van der Waals surface area contributed by atoms with Gasteiger partial charge in [-0.05, 0) is 31.9 Å². The molecule has 0 bridgehead atoms. The third-order valence-corrected chi connectivity index (χ3v) is 5.41. The Hall–Kier alpha value is -2.26. The topological polar surface area (TPSA) is 63.6 Å². The van der Waals surface area contributed by atoms with Crippen LogP contribution in [0, 0.1) is 11.6 Å². The average Bonchev–Trinajstić information content (AvgIpc) is 3.12. The van der Waals surface area contributed by atoms with Gasteiger partial charge in [-0.25, -0.2) is 9.18 Å². The second kappa shape index (κ2) is 9.49. The van der Waals surface area contributed by atoms with Crippen LogP contribution in [0.25, 0.3) is 0 Å². The van der Waals surface area contributed by atoms with Crippen molar-refractivity contribution >= 4 is 12.2 Å². The summed E-state index contributed by atoms with van der Waals surface area (Å²) in [6, 6.07) is 2.81. The molecule has 0 amide bonds. The zero-order valence-electron chi connectivity index (χ0n) is 16.8. The molecule has 29 heavy (non-hydrogen) atoms. The smallest absolute Gasteiger partial charge is 0.333 e. The quantitative estimate of drug-likeness (QED) is 0.506. The Labute approximate surface area is 169 Å². The van der Waals surface area contributed by atoms with E-state index in [1.165, 1.54) is 25.5 Å². The Morgan fingerprint density at radius 2 is 2.03 bits per heavy atom. The fourth-order valence-electron chi connectivity index (χ4n) is 3.56. The number of methoxy groups -OCH3 is 1. The van der Waals surface area contributed by atoms with Gasteiger partial charge in [-0.15, -0.1) is 0 Å². The predicted octanol–water partition coefficient (Wildman–Crippen LogP) is 2.04. The lowest BCUT2D eigenvalue weighted by Crippen LogP contribution is -2.45. The van der Waals surface area contributed by atoms with E-state index in [4.69, 9.17) is 14.2 Å². The van der Waals surface area contributed by atoms with E-state index in [2.05, 4.69) is 10.0 Å². The highest BCUT2D eigenvalue weighted by Gasteiger charge is 2.44. The largest absolute Gasteiger partial charge is 0.489 e. The first-order valence-electron chi connectivity index (χ1n) is 9.76. The Balaban J connectivity index is 1.63. The summed E-state index contributed by atoms with van der Waals surface area (Å²) < 4.78 is 44.4. The molecule has 0 spiro atoms. The van der Waals surface area contributed by atoms with Gasteiger partial charge in [0.25, 0.3) is 0 Å². The lowest BCUT2D eigenvalue weighted by molar-refractivity contribution is -0.152. The number of hydrogen-bond acceptors (Lipinski definition) is 7. The molecule has 2 fully saturated rings. The van der Waals surface area contributed by atoms with Crippen molar-refractivity contribution in [2.24, 2.45) is 5.10 Å². The Bertz CT molecular complexity index is 755. The van der Waals surface area contributed by atoms with Gasteiger partial charge in [0.05, 0.1) is 26.5 Å². The van der Waals surface area contributed by atoms with E-state index < -0.39 is 23.1 Å². The summed E-state index contributed by atoms with van der Waals surface area (Å²) in [6.07, 6.45) is 2.57. The molecule has 0 saturated carbocycles. The maximum absolute atomic E-state index is 14.5. The van der Waals surface area contributed by atoms with Gasteiger partial charge >= 0.3 is 5.97 Å². The number of carbonyl (C=O) groups is 1. The number of halogens is 2. The maximum Gasteiger partial charge on any atom is 0.333 e. The summed E-state index contributed by atoms with van der Waals surface area (Å²) in [5.41, 5.74) is -0.912. The monoisotopic (exact) mass is 411 g/mol. The minimum Gasteiger partial charge on any atom is -0.489 e. The van der Waals surface area contributed by atoms with E-state index in [-0.39, 0.29) is 17.9 Å². The number of nitrogens with zero attached hydrogens (tertiary/aromatic N) is 3. The molecule has 1 aromatic rings. The van der Waals surface area contributed by atoms with Crippen LogP contribution in [0.15, 0.2) is 17.2 Å². The summed E-state index contributed by atoms with van der Waals surface area (Å²) in [5.74, 6) is -2.61. The molecular formula is C20H27F2N3O4. The highest BCUT2D eigenvalue weighted by Crippen LogP contribution is 2.30. The first-order valence-corrected chi connectivity index (χ1v) is 9.76. The van der Waals surface area contributed by atoms with E-state index in [0.29, 0.717) is 32.7 Å². The molecular weight excluding hydrogens is 384 g/mol. The predicted molar refractivity (Wildman–Crippen MR) is 103 cm³/mol. The number of carbonyl (C=O) groups excluding carboxylic acids is 1. The Kier molecular flexibility index (Phi) is 7.02. The Morgan fingerprint density at radius 1 is 1.28 bits per heavy atom. The van der Waals surface area contributed by atoms with E-state index >= 15 is 0 Å². The highest BCUT2D eigenvalue weighted by molar-refractivity contribution is 5.82. The number of esters is 1. The molecule has 2 heterocycles. The lowest BCUT2D eigenvalue weighted by atomic mass is 10.0. The van der Waals surface area contributed by atoms with Crippen LogP contribution in [0.5, 0.6) is 5.75 Å². The van der Waals surface area contributed by atoms with Crippen LogP contribution in [0.4, 0.5) is 8.78 Å². The summed E-state index contributed by atoms with van der Waals surface area (Å²) in [5, 5.41) is 5.77. The lowest BCUT2D eigenvalue weighted by Gasteiger charge is -2.29. The third-order valence-electron chi connectivity index (χ3n) is 5.41. The van der Waals surface area contributed by atoms with Crippen molar-refractivity contribution in [3.8, 4) is 5.75 Å². The third kappa shape index (κ3) is 4.84. The number of morpholine rings is 1. The molecule has 160 valence electrons. The number of hydrazone groups is 1. The van der Waals surface area contributed by atoms with E-state index in [9.17, 15) is 13.6 Å². The van der Waals surface area contributed by atoms with Crippen molar-refractivity contribution < 1.29 is 27.8 Å². The molecule has 3 rings (SSSR count). The highest BCUT2D eigenvalue weighted by atomic mass is 19.2. The van der Waals surface area contributed by atoms with Gasteiger partial charge in [0.1, 0.15) is 6.61 Å². The summed E-state index contributed by atoms with van der Waals surface area (Å²) >= 11 is 0. The van der Waals surface area contributed by atoms with E-state index in [1.54, 1.807) is 11.9 Å². The Morgan fingerprint density at radius 3 is 2.76 bits per heavy atom. The van der Waals surface area contributed by atoms with Crippen LogP contribution in [0.3, 0.4) is 0 Å². The van der Waals surface area contributed by atoms with Crippen molar-refractivity contribution in [1.29, 1.82) is 0 Å². The number of benzene rings is 1. The standard InChI is InChI=1S/C20H27F2N3O4/c1-20(19(26)27-2)6-3-7-25(20)23-14-15-4-5-16(18(22)17(15)21)29-13-10-24-8-11-28-12-9-24/h4-5,14H,3,6-13H2,1-2H3. The van der Waals surface area contributed by atoms with Gasteiger partial charge in [-0.2, -0.15) is 9.49 Å². The molecule has 7 nitrogen and oxygen atoms in total. The fourth-order valence-corrected chi connectivity index (χ4v) is 3.56. The SMILES string of the molecule is COC(=O)C1(C)CCCN1N=Cc1ccc(OCCN2CCOCC2)c(F)c1F. The van der Waals surface area contributed by atoms with Crippen molar-refractivity contribution in [1.82, 2.24) is 9.91 Å². The van der Waals surface area contributed by atoms with Gasteiger partial charge in [-0.1, -0.05) is 0 Å². The molecule has 0 aromatic heterocycles. The minimum absolute atomic E-state index is 0.0119. The second-order valence-electron chi connectivity index (χ2n) is 7.32. The molecule has 1 atom stereocenters. The van der Waals surface area contributed by atoms with Crippen LogP contribution < -0.4 is 4.74 Å². The molecule has 2 aliphatic rings. The first kappa shape index (κ1) is 21.4. The normalized spacial score (nSPS) is 23.0. The molecule has 0 radical (unpaired) electrons. The van der Waals surface area contributed by atoms with Crippen molar-refractivity contribution in [3.63, 3.8) is 0 Å². The molecule has 2 saturated heterocycles. The van der Waals surface area contributed by atoms with E-state index in [0.717, 1.165) is 19.5 Å². The van der Waals surface area contributed by atoms with Crippen molar-refractivity contribution in [2.75, 3.05) is 53.1 Å². The fraction of sp³-hybridized carbons (Fsp3) is 0.600.